The van der Waals surface area contributed by atoms with Gasteiger partial charge in [0.25, 0.3) is 0 Å². The van der Waals surface area contributed by atoms with Crippen LogP contribution in [0.25, 0.3) is 11.1 Å². The normalized spacial score (nSPS) is 13.1. The molecule has 0 saturated heterocycles. The Hall–Kier alpha value is -2.17. The van der Waals surface area contributed by atoms with Crippen molar-refractivity contribution < 1.29 is 9.47 Å². The summed E-state index contributed by atoms with van der Waals surface area (Å²) >= 11 is 0. The molecule has 5 heteroatoms. The number of nitrogens with one attached hydrogen (secondary N) is 1. The van der Waals surface area contributed by atoms with Gasteiger partial charge < -0.3 is 15.2 Å². The quantitative estimate of drug-likeness (QED) is 0.734. The van der Waals surface area contributed by atoms with Crippen LogP contribution in [0.4, 0.5) is 5.82 Å². The lowest BCUT2D eigenvalue weighted by atomic mass is 10.1. The van der Waals surface area contributed by atoms with Gasteiger partial charge in [-0.1, -0.05) is 12.1 Å². The van der Waals surface area contributed by atoms with E-state index >= 15 is 0 Å². The van der Waals surface area contributed by atoms with Gasteiger partial charge in [-0.2, -0.15) is 5.10 Å². The van der Waals surface area contributed by atoms with E-state index in [9.17, 15) is 0 Å². The van der Waals surface area contributed by atoms with Crippen molar-refractivity contribution in [1.82, 2.24) is 10.2 Å². The number of hydrogen-bond donors (Lipinski definition) is 2. The van der Waals surface area contributed by atoms with Crippen LogP contribution in [-0.4, -0.2) is 17.0 Å². The third kappa shape index (κ3) is 1.13. The number of para-hydroxylation sites is 1. The molecular formula is C10H9N3O2. The highest BCUT2D eigenvalue weighted by molar-refractivity contribution is 5.80. The van der Waals surface area contributed by atoms with Crippen molar-refractivity contribution in [3.63, 3.8) is 0 Å². The molecule has 2 heterocycles. The van der Waals surface area contributed by atoms with Crippen LogP contribution < -0.4 is 15.2 Å². The summed E-state index contributed by atoms with van der Waals surface area (Å²) in [5, 5.41) is 6.57. The summed E-state index contributed by atoms with van der Waals surface area (Å²) in [4.78, 5) is 0. The molecule has 0 unspecified atom stereocenters. The molecule has 0 bridgehead atoms. The summed E-state index contributed by atoms with van der Waals surface area (Å²) < 4.78 is 10.7. The van der Waals surface area contributed by atoms with E-state index in [1.165, 1.54) is 0 Å². The van der Waals surface area contributed by atoms with E-state index in [0.717, 1.165) is 22.6 Å². The number of nitrogens with two attached hydrogens (primary N) is 1. The van der Waals surface area contributed by atoms with E-state index < -0.39 is 0 Å². The van der Waals surface area contributed by atoms with Crippen molar-refractivity contribution in [3.8, 4) is 22.6 Å². The summed E-state index contributed by atoms with van der Waals surface area (Å²) in [7, 11) is 0. The summed E-state index contributed by atoms with van der Waals surface area (Å²) in [5.74, 6) is 2.00. The number of aromatic amines is 1. The Labute approximate surface area is 85.8 Å². The number of rotatable bonds is 1. The first-order valence-corrected chi connectivity index (χ1v) is 4.54. The number of H-pyrrole nitrogens is 1. The Morgan fingerprint density at radius 1 is 1.27 bits per heavy atom. The molecule has 1 aromatic heterocycles. The number of aromatic nitrogens is 2. The number of anilines is 1. The zero-order chi connectivity index (χ0) is 10.3. The molecule has 1 aromatic carbocycles. The van der Waals surface area contributed by atoms with Gasteiger partial charge in [-0.05, 0) is 6.07 Å². The van der Waals surface area contributed by atoms with Crippen molar-refractivity contribution in [1.29, 1.82) is 0 Å². The van der Waals surface area contributed by atoms with E-state index in [1.54, 1.807) is 6.20 Å². The molecule has 76 valence electrons. The highest BCUT2D eigenvalue weighted by atomic mass is 16.7. The van der Waals surface area contributed by atoms with Crippen LogP contribution in [0.3, 0.4) is 0 Å². The highest BCUT2D eigenvalue weighted by Gasteiger charge is 2.19. The van der Waals surface area contributed by atoms with Crippen LogP contribution in [0.1, 0.15) is 0 Å². The lowest BCUT2D eigenvalue weighted by Gasteiger charge is -2.03. The van der Waals surface area contributed by atoms with Crippen molar-refractivity contribution >= 4 is 5.82 Å². The van der Waals surface area contributed by atoms with E-state index in [4.69, 9.17) is 15.2 Å². The molecule has 1 aliphatic heterocycles. The molecule has 0 saturated carbocycles. The van der Waals surface area contributed by atoms with E-state index in [-0.39, 0.29) is 6.79 Å². The van der Waals surface area contributed by atoms with E-state index in [1.807, 2.05) is 18.2 Å². The second kappa shape index (κ2) is 2.91. The van der Waals surface area contributed by atoms with Gasteiger partial charge in [-0.25, -0.2) is 0 Å². The number of hydrogen-bond acceptors (Lipinski definition) is 4. The van der Waals surface area contributed by atoms with Crippen LogP contribution in [0.5, 0.6) is 11.5 Å². The van der Waals surface area contributed by atoms with Crippen LogP contribution in [-0.2, 0) is 0 Å². The average Bonchev–Trinajstić information content (AvgIpc) is 2.85. The lowest BCUT2D eigenvalue weighted by Crippen LogP contribution is -1.94. The van der Waals surface area contributed by atoms with Gasteiger partial charge in [-0.15, -0.1) is 0 Å². The zero-order valence-electron chi connectivity index (χ0n) is 7.86. The van der Waals surface area contributed by atoms with E-state index in [0.29, 0.717) is 5.82 Å². The van der Waals surface area contributed by atoms with Crippen molar-refractivity contribution in [2.75, 3.05) is 12.5 Å². The molecule has 0 fully saturated rings. The number of fused-ring (bicyclic) bond motifs is 1. The smallest absolute Gasteiger partial charge is 0.231 e. The Morgan fingerprint density at radius 2 is 2.20 bits per heavy atom. The van der Waals surface area contributed by atoms with Gasteiger partial charge in [0.2, 0.25) is 6.79 Å². The zero-order valence-corrected chi connectivity index (χ0v) is 7.86. The second-order valence-corrected chi connectivity index (χ2v) is 3.24. The molecule has 15 heavy (non-hydrogen) atoms. The fraction of sp³-hybridized carbons (Fsp3) is 0.100. The predicted molar refractivity (Wildman–Crippen MR) is 54.6 cm³/mol. The number of ether oxygens (including phenoxy) is 2. The fourth-order valence-electron chi connectivity index (χ4n) is 1.65. The average molecular weight is 203 g/mol. The maximum atomic E-state index is 5.75. The summed E-state index contributed by atoms with van der Waals surface area (Å²) in [6, 6.07) is 5.69. The molecule has 0 spiro atoms. The van der Waals surface area contributed by atoms with Crippen molar-refractivity contribution in [2.45, 2.75) is 0 Å². The van der Waals surface area contributed by atoms with Crippen LogP contribution in [0.15, 0.2) is 24.4 Å². The minimum atomic E-state index is 0.254. The van der Waals surface area contributed by atoms with Crippen LogP contribution in [0, 0.1) is 0 Å². The minimum absolute atomic E-state index is 0.254. The van der Waals surface area contributed by atoms with Gasteiger partial charge in [0.1, 0.15) is 5.82 Å². The van der Waals surface area contributed by atoms with Gasteiger partial charge >= 0.3 is 0 Å². The van der Waals surface area contributed by atoms with Gasteiger partial charge in [-0.3, -0.25) is 5.10 Å². The standard InChI is InChI=1S/C10H9N3O2/c11-10-7(4-12-13-10)6-2-1-3-8-9(6)15-5-14-8/h1-4H,5H2,(H3,11,12,13). The first kappa shape index (κ1) is 8.16. The Bertz CT molecular complexity index is 507. The maximum Gasteiger partial charge on any atom is 0.231 e. The largest absolute Gasteiger partial charge is 0.454 e. The molecule has 3 rings (SSSR count). The summed E-state index contributed by atoms with van der Waals surface area (Å²) in [5.41, 5.74) is 7.48. The summed E-state index contributed by atoms with van der Waals surface area (Å²) in [6.45, 7) is 0.254. The second-order valence-electron chi connectivity index (χ2n) is 3.24. The molecule has 5 nitrogen and oxygen atoms in total. The lowest BCUT2D eigenvalue weighted by molar-refractivity contribution is 0.174. The van der Waals surface area contributed by atoms with Crippen molar-refractivity contribution in [2.24, 2.45) is 0 Å². The Morgan fingerprint density at radius 3 is 3.00 bits per heavy atom. The first-order valence-electron chi connectivity index (χ1n) is 4.54. The fourth-order valence-corrected chi connectivity index (χ4v) is 1.65. The topological polar surface area (TPSA) is 73.2 Å². The van der Waals surface area contributed by atoms with Crippen LogP contribution in [0.2, 0.25) is 0 Å². The monoisotopic (exact) mass is 203 g/mol. The predicted octanol–water partition coefficient (Wildman–Crippen LogP) is 1.39. The number of benzene rings is 1. The molecule has 3 N–H and O–H groups in total. The minimum Gasteiger partial charge on any atom is -0.454 e. The van der Waals surface area contributed by atoms with Crippen LogP contribution >= 0.6 is 0 Å². The molecule has 1 aliphatic rings. The highest BCUT2D eigenvalue weighted by Crippen LogP contribution is 2.42. The summed E-state index contributed by atoms with van der Waals surface area (Å²) in [6.07, 6.45) is 1.67. The molecular weight excluding hydrogens is 194 g/mol. The Balaban J connectivity index is 2.21. The SMILES string of the molecule is Nc1[nH]ncc1-c1cccc2c1OCO2. The first-order chi connectivity index (χ1) is 7.36. The molecule has 0 aliphatic carbocycles. The molecule has 0 amide bonds. The van der Waals surface area contributed by atoms with E-state index in [2.05, 4.69) is 10.2 Å². The third-order valence-electron chi connectivity index (χ3n) is 2.36. The van der Waals surface area contributed by atoms with Gasteiger partial charge in [0.05, 0.1) is 6.20 Å². The van der Waals surface area contributed by atoms with Crippen molar-refractivity contribution in [3.05, 3.63) is 24.4 Å². The van der Waals surface area contributed by atoms with Gasteiger partial charge in [0, 0.05) is 11.1 Å². The maximum absolute atomic E-state index is 5.75. The Kier molecular flexibility index (Phi) is 1.58. The van der Waals surface area contributed by atoms with Gasteiger partial charge in [0.15, 0.2) is 11.5 Å². The third-order valence-corrected chi connectivity index (χ3v) is 2.36. The number of nitrogen functional groups attached to an aromatic ring is 1. The molecule has 2 aromatic rings. The molecule has 0 atom stereocenters. The number of nitrogens with zero attached hydrogens (tertiary/aromatic N) is 1. The molecule has 0 radical (unpaired) electrons.